The summed E-state index contributed by atoms with van der Waals surface area (Å²) in [6.07, 6.45) is 0.784. The fraction of sp³-hybridized carbons (Fsp3) is 0.846. The minimum atomic E-state index is -0.845. The number of nitrogens with one attached hydrogen (secondary N) is 1. The van der Waals surface area contributed by atoms with Crippen molar-refractivity contribution in [3.05, 3.63) is 0 Å². The van der Waals surface area contributed by atoms with E-state index in [4.69, 9.17) is 5.11 Å². The number of hydrogen-bond donors (Lipinski definition) is 2. The molecular formula is C13H23NO3. The van der Waals surface area contributed by atoms with Gasteiger partial charge in [-0.2, -0.15) is 0 Å². The van der Waals surface area contributed by atoms with E-state index in [1.54, 1.807) is 0 Å². The summed E-state index contributed by atoms with van der Waals surface area (Å²) in [6.45, 7) is 9.57. The first-order valence-electron chi connectivity index (χ1n) is 6.18. The lowest BCUT2D eigenvalue weighted by atomic mass is 10.0. The molecule has 1 saturated carbocycles. The van der Waals surface area contributed by atoms with E-state index in [9.17, 15) is 9.59 Å². The first-order chi connectivity index (χ1) is 7.69. The van der Waals surface area contributed by atoms with Gasteiger partial charge in [0.25, 0.3) is 0 Å². The summed E-state index contributed by atoms with van der Waals surface area (Å²) in [5.74, 6) is -0.370. The van der Waals surface area contributed by atoms with Crippen LogP contribution in [0.4, 0.5) is 0 Å². The minimum Gasteiger partial charge on any atom is -0.481 e. The molecule has 1 aliphatic carbocycles. The quantitative estimate of drug-likeness (QED) is 0.748. The van der Waals surface area contributed by atoms with Crippen LogP contribution in [-0.2, 0) is 9.59 Å². The molecule has 0 heterocycles. The average molecular weight is 241 g/mol. The molecule has 0 saturated heterocycles. The van der Waals surface area contributed by atoms with E-state index < -0.39 is 5.97 Å². The maximum absolute atomic E-state index is 11.5. The van der Waals surface area contributed by atoms with Crippen molar-refractivity contribution in [2.75, 3.05) is 6.54 Å². The van der Waals surface area contributed by atoms with E-state index >= 15 is 0 Å². The van der Waals surface area contributed by atoms with Crippen LogP contribution in [-0.4, -0.2) is 23.5 Å². The van der Waals surface area contributed by atoms with Crippen LogP contribution in [0.2, 0.25) is 0 Å². The van der Waals surface area contributed by atoms with Crippen LogP contribution in [0, 0.1) is 16.7 Å². The number of carbonyl (C=O) groups is 2. The molecule has 0 aromatic rings. The lowest BCUT2D eigenvalue weighted by Gasteiger charge is -2.05. The summed E-state index contributed by atoms with van der Waals surface area (Å²) in [6, 6.07) is 0. The Bertz CT molecular complexity index is 307. The highest BCUT2D eigenvalue weighted by molar-refractivity contribution is 5.76. The van der Waals surface area contributed by atoms with Gasteiger partial charge in [0.1, 0.15) is 0 Å². The van der Waals surface area contributed by atoms with Crippen molar-refractivity contribution in [3.8, 4) is 0 Å². The molecule has 0 atom stereocenters. The average Bonchev–Trinajstić information content (AvgIpc) is 2.54. The molecule has 0 unspecified atom stereocenters. The van der Waals surface area contributed by atoms with Crippen LogP contribution in [0.15, 0.2) is 0 Å². The zero-order valence-electron chi connectivity index (χ0n) is 11.2. The van der Waals surface area contributed by atoms with Gasteiger partial charge in [-0.1, -0.05) is 27.7 Å². The van der Waals surface area contributed by atoms with E-state index in [-0.39, 0.29) is 23.2 Å². The maximum Gasteiger partial charge on any atom is 0.303 e. The summed E-state index contributed by atoms with van der Waals surface area (Å²) in [5, 5.41) is 11.4. The number of carboxylic acid groups (broad SMARTS) is 1. The van der Waals surface area contributed by atoms with Gasteiger partial charge in [-0.15, -0.1) is 0 Å². The van der Waals surface area contributed by atoms with Gasteiger partial charge >= 0.3 is 5.97 Å². The Kier molecular flexibility index (Phi) is 3.84. The first-order valence-corrected chi connectivity index (χ1v) is 6.18. The van der Waals surface area contributed by atoms with Crippen molar-refractivity contribution in [2.45, 2.75) is 47.0 Å². The largest absolute Gasteiger partial charge is 0.481 e. The fourth-order valence-electron chi connectivity index (χ4n) is 2.55. The molecule has 98 valence electrons. The minimum absolute atomic E-state index is 0.0373. The second-order valence-corrected chi connectivity index (χ2v) is 6.05. The molecule has 0 aromatic heterocycles. The van der Waals surface area contributed by atoms with Crippen molar-refractivity contribution in [3.63, 3.8) is 0 Å². The molecule has 4 heteroatoms. The Morgan fingerprint density at radius 1 is 1.12 bits per heavy atom. The Morgan fingerprint density at radius 3 is 2.06 bits per heavy atom. The van der Waals surface area contributed by atoms with E-state index in [1.807, 2.05) is 0 Å². The highest BCUT2D eigenvalue weighted by Crippen LogP contribution is 2.67. The number of hydrogen-bond acceptors (Lipinski definition) is 2. The summed E-state index contributed by atoms with van der Waals surface area (Å²) in [4.78, 5) is 21.8. The van der Waals surface area contributed by atoms with Crippen molar-refractivity contribution < 1.29 is 14.7 Å². The molecule has 0 aromatic carbocycles. The van der Waals surface area contributed by atoms with Crippen LogP contribution >= 0.6 is 0 Å². The van der Waals surface area contributed by atoms with E-state index in [2.05, 4.69) is 33.0 Å². The van der Waals surface area contributed by atoms with Gasteiger partial charge in [0.2, 0.25) is 5.91 Å². The SMILES string of the molecule is CC1(C)C(CNC(=O)CCCC(=O)O)C1(C)C. The number of rotatable bonds is 6. The predicted molar refractivity (Wildman–Crippen MR) is 65.5 cm³/mol. The fourth-order valence-corrected chi connectivity index (χ4v) is 2.55. The number of aliphatic carboxylic acids is 1. The maximum atomic E-state index is 11.5. The van der Waals surface area contributed by atoms with Crippen LogP contribution in [0.5, 0.6) is 0 Å². The lowest BCUT2D eigenvalue weighted by molar-refractivity contribution is -0.137. The molecule has 0 radical (unpaired) electrons. The molecule has 17 heavy (non-hydrogen) atoms. The normalized spacial score (nSPS) is 20.9. The third-order valence-corrected chi connectivity index (χ3v) is 4.62. The molecule has 1 fully saturated rings. The summed E-state index contributed by atoms with van der Waals surface area (Å²) in [7, 11) is 0. The molecule has 0 bridgehead atoms. The van der Waals surface area contributed by atoms with Crippen molar-refractivity contribution >= 4 is 11.9 Å². The van der Waals surface area contributed by atoms with Crippen molar-refractivity contribution in [1.82, 2.24) is 5.32 Å². The Morgan fingerprint density at radius 2 is 1.65 bits per heavy atom. The van der Waals surface area contributed by atoms with Gasteiger partial charge in [0, 0.05) is 19.4 Å². The number of amides is 1. The molecule has 1 amide bonds. The van der Waals surface area contributed by atoms with Gasteiger partial charge in [0.15, 0.2) is 0 Å². The molecule has 1 aliphatic rings. The van der Waals surface area contributed by atoms with E-state index in [1.165, 1.54) is 0 Å². The molecule has 4 nitrogen and oxygen atoms in total. The third kappa shape index (κ3) is 2.99. The monoisotopic (exact) mass is 241 g/mol. The zero-order chi connectivity index (χ0) is 13.3. The molecule has 0 aliphatic heterocycles. The van der Waals surface area contributed by atoms with Crippen LogP contribution in [0.1, 0.15) is 47.0 Å². The lowest BCUT2D eigenvalue weighted by Crippen LogP contribution is -2.26. The van der Waals surface area contributed by atoms with Crippen molar-refractivity contribution in [1.29, 1.82) is 0 Å². The molecular weight excluding hydrogens is 218 g/mol. The first kappa shape index (κ1) is 14.0. The van der Waals surface area contributed by atoms with Gasteiger partial charge < -0.3 is 10.4 Å². The van der Waals surface area contributed by atoms with Gasteiger partial charge in [-0.25, -0.2) is 0 Å². The highest BCUT2D eigenvalue weighted by atomic mass is 16.4. The highest BCUT2D eigenvalue weighted by Gasteiger charge is 2.64. The predicted octanol–water partition coefficient (Wildman–Crippen LogP) is 2.04. The van der Waals surface area contributed by atoms with E-state index in [0.29, 0.717) is 25.3 Å². The summed E-state index contributed by atoms with van der Waals surface area (Å²) in [5.41, 5.74) is 0.558. The van der Waals surface area contributed by atoms with Crippen LogP contribution in [0.3, 0.4) is 0 Å². The number of carboxylic acids is 1. The van der Waals surface area contributed by atoms with Crippen LogP contribution in [0.25, 0.3) is 0 Å². The third-order valence-electron chi connectivity index (χ3n) is 4.62. The van der Waals surface area contributed by atoms with Gasteiger partial charge in [-0.05, 0) is 23.2 Å². The second-order valence-electron chi connectivity index (χ2n) is 6.05. The topological polar surface area (TPSA) is 66.4 Å². The standard InChI is InChI=1S/C13H23NO3/c1-12(2)9(13(12,3)4)8-14-10(15)6-5-7-11(16)17/h9H,5-8H2,1-4H3,(H,14,15)(H,16,17). The van der Waals surface area contributed by atoms with Gasteiger partial charge in [-0.3, -0.25) is 9.59 Å². The molecule has 0 spiro atoms. The molecule has 2 N–H and O–H groups in total. The second kappa shape index (κ2) is 4.67. The zero-order valence-corrected chi connectivity index (χ0v) is 11.2. The number of carbonyl (C=O) groups excluding carboxylic acids is 1. The summed E-state index contributed by atoms with van der Waals surface area (Å²) >= 11 is 0. The molecule has 1 rings (SSSR count). The Balaban J connectivity index is 2.20. The smallest absolute Gasteiger partial charge is 0.303 e. The Labute approximate surface area is 103 Å². The summed E-state index contributed by atoms with van der Waals surface area (Å²) < 4.78 is 0. The van der Waals surface area contributed by atoms with Gasteiger partial charge in [0.05, 0.1) is 0 Å². The Hall–Kier alpha value is -1.06. The van der Waals surface area contributed by atoms with E-state index in [0.717, 1.165) is 0 Å². The van der Waals surface area contributed by atoms with Crippen molar-refractivity contribution in [2.24, 2.45) is 16.7 Å². The van der Waals surface area contributed by atoms with Crippen LogP contribution < -0.4 is 5.32 Å².